The Hall–Kier alpha value is -1.01. The predicted molar refractivity (Wildman–Crippen MR) is 89.6 cm³/mol. The quantitative estimate of drug-likeness (QED) is 0.733. The van der Waals surface area contributed by atoms with Gasteiger partial charge in [-0.25, -0.2) is 8.42 Å². The Morgan fingerprint density at radius 1 is 1.00 bits per heavy atom. The van der Waals surface area contributed by atoms with Gasteiger partial charge in [-0.3, -0.25) is 4.90 Å². The van der Waals surface area contributed by atoms with E-state index < -0.39 is 15.6 Å². The number of sulfone groups is 1. The zero-order valence-electron chi connectivity index (χ0n) is 13.8. The molecule has 2 aliphatic rings. The summed E-state index contributed by atoms with van der Waals surface area (Å²) in [6, 6.07) is 6.60. The summed E-state index contributed by atoms with van der Waals surface area (Å²) in [7, 11) is -4.50. The third-order valence-corrected chi connectivity index (χ3v) is 6.55. The Balaban J connectivity index is 1.64. The van der Waals surface area contributed by atoms with E-state index in [9.17, 15) is 17.2 Å². The van der Waals surface area contributed by atoms with Gasteiger partial charge in [-0.05, 0) is 49.3 Å². The number of alkyl halides is 2. The maximum atomic E-state index is 12.6. The summed E-state index contributed by atoms with van der Waals surface area (Å²) < 4.78 is 48.1. The van der Waals surface area contributed by atoms with Crippen LogP contribution in [-0.4, -0.2) is 31.7 Å². The summed E-state index contributed by atoms with van der Waals surface area (Å²) in [5.41, 5.74) is 0.992. The third kappa shape index (κ3) is 4.33. The summed E-state index contributed by atoms with van der Waals surface area (Å²) in [4.78, 5) is 2.19. The Kier molecular flexibility index (Phi) is 5.55. The van der Waals surface area contributed by atoms with E-state index in [1.54, 1.807) is 12.1 Å². The molecule has 2 saturated carbocycles. The van der Waals surface area contributed by atoms with Gasteiger partial charge in [0.1, 0.15) is 0 Å². The molecule has 0 aliphatic heterocycles. The molecule has 2 fully saturated rings. The maximum Gasteiger partial charge on any atom is 0.341 e. The van der Waals surface area contributed by atoms with Crippen molar-refractivity contribution in [1.29, 1.82) is 0 Å². The molecule has 134 valence electrons. The van der Waals surface area contributed by atoms with Gasteiger partial charge in [-0.2, -0.15) is 8.78 Å². The fraction of sp³-hybridized carbons (Fsp3) is 0.667. The molecule has 6 heteroatoms. The molecule has 24 heavy (non-hydrogen) atoms. The zero-order chi connectivity index (χ0) is 17.2. The van der Waals surface area contributed by atoms with Crippen molar-refractivity contribution in [2.45, 2.75) is 68.2 Å². The van der Waals surface area contributed by atoms with Crippen molar-refractivity contribution < 1.29 is 17.2 Å². The van der Waals surface area contributed by atoms with Crippen LogP contribution in [0.5, 0.6) is 0 Å². The molecule has 0 aromatic heterocycles. The minimum absolute atomic E-state index is 0.300. The van der Waals surface area contributed by atoms with Gasteiger partial charge in [0.2, 0.25) is 9.84 Å². The van der Waals surface area contributed by atoms with Crippen molar-refractivity contribution >= 4 is 9.84 Å². The van der Waals surface area contributed by atoms with Gasteiger partial charge in [0.05, 0.1) is 4.90 Å². The van der Waals surface area contributed by atoms with Gasteiger partial charge in [-0.1, -0.05) is 31.4 Å². The van der Waals surface area contributed by atoms with Gasteiger partial charge >= 0.3 is 5.76 Å². The van der Waals surface area contributed by atoms with E-state index in [1.807, 2.05) is 0 Å². The van der Waals surface area contributed by atoms with Crippen molar-refractivity contribution in [3.8, 4) is 0 Å². The average molecular weight is 357 g/mol. The summed E-state index contributed by atoms with van der Waals surface area (Å²) in [5.74, 6) is -2.60. The lowest BCUT2D eigenvalue weighted by molar-refractivity contribution is 0.186. The lowest BCUT2D eigenvalue weighted by Gasteiger charge is -2.30. The van der Waals surface area contributed by atoms with Gasteiger partial charge in [0.15, 0.2) is 0 Å². The summed E-state index contributed by atoms with van der Waals surface area (Å²) in [6.07, 6.45) is 9.05. The Bertz CT molecular complexity index is 635. The molecule has 0 bridgehead atoms. The molecule has 1 aromatic rings. The van der Waals surface area contributed by atoms with E-state index in [2.05, 4.69) is 4.90 Å². The van der Waals surface area contributed by atoms with Gasteiger partial charge in [0, 0.05) is 19.1 Å². The topological polar surface area (TPSA) is 37.4 Å². The minimum Gasteiger partial charge on any atom is -0.296 e. The molecule has 0 saturated heterocycles. The van der Waals surface area contributed by atoms with Crippen molar-refractivity contribution in [2.75, 3.05) is 6.54 Å². The van der Waals surface area contributed by atoms with E-state index in [4.69, 9.17) is 0 Å². The molecular weight excluding hydrogens is 332 g/mol. The monoisotopic (exact) mass is 357 g/mol. The lowest BCUT2D eigenvalue weighted by Crippen LogP contribution is -2.32. The van der Waals surface area contributed by atoms with Crippen LogP contribution >= 0.6 is 0 Å². The standard InChI is InChI=1S/C18H25F2NO2S/c19-18(20)24(22,23)17-10-6-15(7-11-17)13-21(16-8-9-16)12-14-4-2-1-3-5-14/h6-7,10-11,14,16,18H,1-5,8-9,12-13H2. The second-order valence-electron chi connectivity index (χ2n) is 7.11. The van der Waals surface area contributed by atoms with Crippen LogP contribution in [0.2, 0.25) is 0 Å². The van der Waals surface area contributed by atoms with Crippen LogP contribution in [0.1, 0.15) is 50.5 Å². The van der Waals surface area contributed by atoms with E-state index in [0.29, 0.717) is 6.04 Å². The highest BCUT2D eigenvalue weighted by Gasteiger charge is 2.31. The molecule has 0 atom stereocenters. The van der Waals surface area contributed by atoms with Crippen LogP contribution in [-0.2, 0) is 16.4 Å². The first-order valence-corrected chi connectivity index (χ1v) is 10.4. The van der Waals surface area contributed by atoms with Crippen LogP contribution in [0.15, 0.2) is 29.2 Å². The summed E-state index contributed by atoms with van der Waals surface area (Å²) >= 11 is 0. The first kappa shape index (κ1) is 17.8. The number of halogens is 2. The summed E-state index contributed by atoms with van der Waals surface area (Å²) in [6.45, 7) is 1.87. The van der Waals surface area contributed by atoms with Gasteiger partial charge in [-0.15, -0.1) is 0 Å². The molecule has 3 rings (SSSR count). The number of nitrogens with zero attached hydrogens (tertiary/aromatic N) is 1. The molecule has 0 heterocycles. The lowest BCUT2D eigenvalue weighted by atomic mass is 9.89. The van der Waals surface area contributed by atoms with Gasteiger partial charge in [0.25, 0.3) is 0 Å². The van der Waals surface area contributed by atoms with Crippen molar-refractivity contribution in [2.24, 2.45) is 5.92 Å². The first-order valence-electron chi connectivity index (χ1n) is 8.82. The normalized spacial score (nSPS) is 20.0. The average Bonchev–Trinajstić information content (AvgIpc) is 3.40. The summed E-state index contributed by atoms with van der Waals surface area (Å²) in [5, 5.41) is 0. The maximum absolute atomic E-state index is 12.6. The van der Waals surface area contributed by atoms with Crippen molar-refractivity contribution in [3.63, 3.8) is 0 Å². The Morgan fingerprint density at radius 2 is 1.62 bits per heavy atom. The fourth-order valence-electron chi connectivity index (χ4n) is 3.61. The van der Waals surface area contributed by atoms with E-state index in [-0.39, 0.29) is 4.90 Å². The number of rotatable bonds is 7. The van der Waals surface area contributed by atoms with E-state index >= 15 is 0 Å². The van der Waals surface area contributed by atoms with Crippen LogP contribution in [0.4, 0.5) is 8.78 Å². The molecule has 0 spiro atoms. The largest absolute Gasteiger partial charge is 0.341 e. The highest BCUT2D eigenvalue weighted by Crippen LogP contribution is 2.32. The van der Waals surface area contributed by atoms with E-state index in [1.165, 1.54) is 57.1 Å². The predicted octanol–water partition coefficient (Wildman–Crippen LogP) is 4.23. The van der Waals surface area contributed by atoms with Crippen molar-refractivity contribution in [3.05, 3.63) is 29.8 Å². The molecule has 0 unspecified atom stereocenters. The molecule has 3 nitrogen and oxygen atoms in total. The SMILES string of the molecule is O=S(=O)(c1ccc(CN(CC2CCCCC2)C2CC2)cc1)C(F)F. The van der Waals surface area contributed by atoms with Crippen LogP contribution in [0.3, 0.4) is 0 Å². The minimum atomic E-state index is -4.50. The molecular formula is C18H25F2NO2S. The highest BCUT2D eigenvalue weighted by atomic mass is 32.2. The van der Waals surface area contributed by atoms with E-state index in [0.717, 1.165) is 24.6 Å². The Labute approximate surface area is 143 Å². The molecule has 1 aromatic carbocycles. The number of hydrogen-bond acceptors (Lipinski definition) is 3. The van der Waals surface area contributed by atoms with Gasteiger partial charge < -0.3 is 0 Å². The Morgan fingerprint density at radius 3 is 2.17 bits per heavy atom. The van der Waals surface area contributed by atoms with Crippen LogP contribution in [0, 0.1) is 5.92 Å². The second-order valence-corrected chi connectivity index (χ2v) is 9.03. The number of benzene rings is 1. The molecule has 2 aliphatic carbocycles. The fourth-order valence-corrected chi connectivity index (χ4v) is 4.33. The molecule has 0 N–H and O–H groups in total. The number of hydrogen-bond donors (Lipinski definition) is 0. The van der Waals surface area contributed by atoms with Crippen molar-refractivity contribution in [1.82, 2.24) is 4.90 Å². The zero-order valence-corrected chi connectivity index (χ0v) is 14.6. The third-order valence-electron chi connectivity index (χ3n) is 5.15. The molecule has 0 radical (unpaired) electrons. The first-order chi connectivity index (χ1) is 11.5. The van der Waals surface area contributed by atoms with Crippen LogP contribution < -0.4 is 0 Å². The van der Waals surface area contributed by atoms with Crippen LogP contribution in [0.25, 0.3) is 0 Å². The smallest absolute Gasteiger partial charge is 0.296 e. The second kappa shape index (κ2) is 7.48. The highest BCUT2D eigenvalue weighted by molar-refractivity contribution is 7.91. The molecule has 0 amide bonds.